The van der Waals surface area contributed by atoms with Crippen LogP contribution in [0.4, 0.5) is 0 Å². The Morgan fingerprint density at radius 1 is 1.48 bits per heavy atom. The molecule has 1 aliphatic heterocycles. The van der Waals surface area contributed by atoms with Gasteiger partial charge in [0.1, 0.15) is 0 Å². The molecule has 1 aromatic carbocycles. The quantitative estimate of drug-likeness (QED) is 0.934. The van der Waals surface area contributed by atoms with Gasteiger partial charge in [-0.3, -0.25) is 4.90 Å². The zero-order chi connectivity index (χ0) is 13.9. The predicted octanol–water partition coefficient (Wildman–Crippen LogP) is 2.61. The summed E-state index contributed by atoms with van der Waals surface area (Å²) < 4.78 is 5.32. The minimum Gasteiger partial charge on any atom is -0.338 e. The molecule has 1 aromatic heterocycles. The maximum Gasteiger partial charge on any atom is 0.241 e. The molecule has 2 heterocycles. The smallest absolute Gasteiger partial charge is 0.241 e. The number of halogens is 2. The number of hydrogen-bond donors (Lipinski definition) is 1. The van der Waals surface area contributed by atoms with Crippen molar-refractivity contribution in [2.75, 3.05) is 20.1 Å². The van der Waals surface area contributed by atoms with Crippen molar-refractivity contribution in [3.63, 3.8) is 0 Å². The molecule has 0 saturated carbocycles. The van der Waals surface area contributed by atoms with Gasteiger partial charge in [-0.05, 0) is 32.1 Å². The van der Waals surface area contributed by atoms with Gasteiger partial charge in [-0.25, -0.2) is 0 Å². The van der Waals surface area contributed by atoms with E-state index >= 15 is 0 Å². The molecule has 1 atom stereocenters. The summed E-state index contributed by atoms with van der Waals surface area (Å²) >= 11 is 5.97. The van der Waals surface area contributed by atoms with Crippen LogP contribution in [0.1, 0.15) is 12.3 Å². The molecule has 114 valence electrons. The molecule has 2 aromatic rings. The van der Waals surface area contributed by atoms with Crippen molar-refractivity contribution in [3.8, 4) is 11.4 Å². The number of benzene rings is 1. The van der Waals surface area contributed by atoms with E-state index < -0.39 is 0 Å². The highest BCUT2D eigenvalue weighted by Gasteiger charge is 2.21. The zero-order valence-corrected chi connectivity index (χ0v) is 13.3. The molecular formula is C14H18Cl2N4O. The van der Waals surface area contributed by atoms with E-state index in [0.29, 0.717) is 29.3 Å². The van der Waals surface area contributed by atoms with Gasteiger partial charge in [0.05, 0.1) is 6.54 Å². The summed E-state index contributed by atoms with van der Waals surface area (Å²) in [4.78, 5) is 6.68. The average molecular weight is 329 g/mol. The van der Waals surface area contributed by atoms with E-state index in [1.807, 2.05) is 24.3 Å². The molecule has 7 heteroatoms. The van der Waals surface area contributed by atoms with Crippen LogP contribution >= 0.6 is 24.0 Å². The zero-order valence-electron chi connectivity index (χ0n) is 11.8. The Balaban J connectivity index is 0.00000161. The van der Waals surface area contributed by atoms with Gasteiger partial charge in [0.25, 0.3) is 0 Å². The summed E-state index contributed by atoms with van der Waals surface area (Å²) in [5.74, 6) is 1.22. The van der Waals surface area contributed by atoms with Crippen LogP contribution in [0.3, 0.4) is 0 Å². The molecule has 0 aliphatic carbocycles. The predicted molar refractivity (Wildman–Crippen MR) is 84.7 cm³/mol. The SMILES string of the molecule is CN(Cc1nc(-c2cccc(Cl)c2)no1)C1CCNC1.Cl. The summed E-state index contributed by atoms with van der Waals surface area (Å²) in [5, 5.41) is 8.04. The van der Waals surface area contributed by atoms with Crippen molar-refractivity contribution in [3.05, 3.63) is 35.2 Å². The van der Waals surface area contributed by atoms with Crippen molar-refractivity contribution in [1.82, 2.24) is 20.4 Å². The van der Waals surface area contributed by atoms with Crippen LogP contribution in [-0.4, -0.2) is 41.2 Å². The topological polar surface area (TPSA) is 54.2 Å². The second kappa shape index (κ2) is 7.22. The van der Waals surface area contributed by atoms with Crippen molar-refractivity contribution in [2.45, 2.75) is 19.0 Å². The summed E-state index contributed by atoms with van der Waals surface area (Å²) in [6, 6.07) is 8.00. The fourth-order valence-electron chi connectivity index (χ4n) is 2.42. The number of likely N-dealkylation sites (N-methyl/N-ethyl adjacent to an activating group) is 1. The molecule has 1 N–H and O–H groups in total. The van der Waals surface area contributed by atoms with Gasteiger partial charge in [-0.1, -0.05) is 28.9 Å². The molecule has 0 bridgehead atoms. The number of rotatable bonds is 4. The molecule has 1 fully saturated rings. The summed E-state index contributed by atoms with van der Waals surface area (Å²) in [7, 11) is 2.08. The Morgan fingerprint density at radius 3 is 3.05 bits per heavy atom. The minimum absolute atomic E-state index is 0. The third kappa shape index (κ3) is 3.95. The Kier molecular flexibility index (Phi) is 5.58. The summed E-state index contributed by atoms with van der Waals surface area (Å²) in [6.45, 7) is 2.76. The molecule has 21 heavy (non-hydrogen) atoms. The first-order chi connectivity index (χ1) is 9.72. The molecule has 0 spiro atoms. The van der Waals surface area contributed by atoms with Gasteiger partial charge in [0.15, 0.2) is 0 Å². The monoisotopic (exact) mass is 328 g/mol. The minimum atomic E-state index is 0. The second-order valence-electron chi connectivity index (χ2n) is 5.08. The lowest BCUT2D eigenvalue weighted by Crippen LogP contribution is -2.32. The van der Waals surface area contributed by atoms with Crippen molar-refractivity contribution >= 4 is 24.0 Å². The van der Waals surface area contributed by atoms with E-state index in [2.05, 4.69) is 27.4 Å². The van der Waals surface area contributed by atoms with Crippen molar-refractivity contribution in [1.29, 1.82) is 0 Å². The standard InChI is InChI=1S/C14H17ClN4O.ClH/c1-19(12-5-6-16-8-12)9-13-17-14(18-20-13)10-3-2-4-11(15)7-10;/h2-4,7,12,16H,5-6,8-9H2,1H3;1H. The van der Waals surface area contributed by atoms with E-state index in [-0.39, 0.29) is 12.4 Å². The Labute approximate surface area is 135 Å². The van der Waals surface area contributed by atoms with Crippen LogP contribution in [0, 0.1) is 0 Å². The molecular weight excluding hydrogens is 311 g/mol. The fourth-order valence-corrected chi connectivity index (χ4v) is 2.61. The molecule has 0 amide bonds. The molecule has 5 nitrogen and oxygen atoms in total. The molecule has 1 saturated heterocycles. The van der Waals surface area contributed by atoms with Crippen LogP contribution in [-0.2, 0) is 6.54 Å². The van der Waals surface area contributed by atoms with E-state index in [1.54, 1.807) is 0 Å². The lowest BCUT2D eigenvalue weighted by Gasteiger charge is -2.21. The Bertz CT molecular complexity index is 584. The first-order valence-electron chi connectivity index (χ1n) is 6.72. The first-order valence-corrected chi connectivity index (χ1v) is 7.09. The highest BCUT2D eigenvalue weighted by atomic mass is 35.5. The van der Waals surface area contributed by atoms with Crippen LogP contribution in [0.2, 0.25) is 5.02 Å². The largest absolute Gasteiger partial charge is 0.338 e. The summed E-state index contributed by atoms with van der Waals surface area (Å²) in [5.41, 5.74) is 0.873. The maximum atomic E-state index is 5.97. The number of nitrogens with one attached hydrogen (secondary N) is 1. The van der Waals surface area contributed by atoms with Gasteiger partial charge < -0.3 is 9.84 Å². The third-order valence-electron chi connectivity index (χ3n) is 3.59. The van der Waals surface area contributed by atoms with E-state index in [9.17, 15) is 0 Å². The first kappa shape index (κ1) is 16.2. The number of hydrogen-bond acceptors (Lipinski definition) is 5. The maximum absolute atomic E-state index is 5.97. The molecule has 0 radical (unpaired) electrons. The highest BCUT2D eigenvalue weighted by Crippen LogP contribution is 2.20. The Hall–Kier alpha value is -1.14. The van der Waals surface area contributed by atoms with Crippen LogP contribution in [0.25, 0.3) is 11.4 Å². The Morgan fingerprint density at radius 2 is 2.33 bits per heavy atom. The van der Waals surface area contributed by atoms with Gasteiger partial charge in [-0.15, -0.1) is 12.4 Å². The molecule has 1 aliphatic rings. The van der Waals surface area contributed by atoms with E-state index in [1.165, 1.54) is 0 Å². The van der Waals surface area contributed by atoms with E-state index in [0.717, 1.165) is 25.1 Å². The van der Waals surface area contributed by atoms with Gasteiger partial charge in [-0.2, -0.15) is 4.98 Å². The fraction of sp³-hybridized carbons (Fsp3) is 0.429. The normalized spacial score (nSPS) is 18.0. The number of aromatic nitrogens is 2. The van der Waals surface area contributed by atoms with Gasteiger partial charge in [0, 0.05) is 23.2 Å². The van der Waals surface area contributed by atoms with Crippen molar-refractivity contribution < 1.29 is 4.52 Å². The average Bonchev–Trinajstić information content (AvgIpc) is 3.10. The van der Waals surface area contributed by atoms with Crippen LogP contribution < -0.4 is 5.32 Å². The highest BCUT2D eigenvalue weighted by molar-refractivity contribution is 6.30. The van der Waals surface area contributed by atoms with E-state index in [4.69, 9.17) is 16.1 Å². The molecule has 1 unspecified atom stereocenters. The van der Waals surface area contributed by atoms with Gasteiger partial charge >= 0.3 is 0 Å². The third-order valence-corrected chi connectivity index (χ3v) is 3.83. The lowest BCUT2D eigenvalue weighted by atomic mass is 10.2. The second-order valence-corrected chi connectivity index (χ2v) is 5.52. The van der Waals surface area contributed by atoms with Gasteiger partial charge in [0.2, 0.25) is 11.7 Å². The van der Waals surface area contributed by atoms with Crippen molar-refractivity contribution in [2.24, 2.45) is 0 Å². The molecule has 3 rings (SSSR count). The van der Waals surface area contributed by atoms with Crippen LogP contribution in [0.5, 0.6) is 0 Å². The number of nitrogens with zero attached hydrogens (tertiary/aromatic N) is 3. The summed E-state index contributed by atoms with van der Waals surface area (Å²) in [6.07, 6.45) is 1.16. The lowest BCUT2D eigenvalue weighted by molar-refractivity contribution is 0.214. The van der Waals surface area contributed by atoms with Crippen LogP contribution in [0.15, 0.2) is 28.8 Å².